The van der Waals surface area contributed by atoms with Crippen molar-refractivity contribution in [1.82, 2.24) is 9.78 Å². The van der Waals surface area contributed by atoms with Gasteiger partial charge in [0, 0.05) is 17.3 Å². The number of anilines is 1. The summed E-state index contributed by atoms with van der Waals surface area (Å²) in [5.74, 6) is 0.317. The Hall–Kier alpha value is -3.74. The topological polar surface area (TPSA) is 108 Å². The number of nitrogens with zero attached hydrogens (tertiary/aromatic N) is 2. The summed E-state index contributed by atoms with van der Waals surface area (Å²) in [6, 6.07) is 13.9. The minimum absolute atomic E-state index is 0.117. The molecule has 0 saturated carbocycles. The summed E-state index contributed by atoms with van der Waals surface area (Å²) >= 11 is 0. The van der Waals surface area contributed by atoms with Crippen LogP contribution in [0.2, 0.25) is 0 Å². The van der Waals surface area contributed by atoms with Crippen LogP contribution in [-0.2, 0) is 4.79 Å². The van der Waals surface area contributed by atoms with Crippen LogP contribution in [0.1, 0.15) is 5.76 Å². The highest BCUT2D eigenvalue weighted by Crippen LogP contribution is 2.20. The molecule has 2 aromatic heterocycles. The molecule has 2 heterocycles. The fourth-order valence-electron chi connectivity index (χ4n) is 2.17. The standard InChI is InChI=1S/C18H15N5O2/c19-12-23-17(20)8-7-16(22-23)13-3-1-4-14(11-13)21-18(24)9-6-15-5-2-10-25-15/h1-12,19-20H,(H,21,24)/b9-6+,19-12?,20-17?. The summed E-state index contributed by atoms with van der Waals surface area (Å²) in [6.07, 6.45) is 5.48. The first-order valence-electron chi connectivity index (χ1n) is 7.44. The van der Waals surface area contributed by atoms with Crippen molar-refractivity contribution in [2.75, 3.05) is 5.32 Å². The number of nitrogens with one attached hydrogen (secondary N) is 3. The molecular weight excluding hydrogens is 318 g/mol. The van der Waals surface area contributed by atoms with Gasteiger partial charge in [0.2, 0.25) is 5.91 Å². The number of rotatable bonds is 5. The largest absolute Gasteiger partial charge is 0.465 e. The van der Waals surface area contributed by atoms with Crippen molar-refractivity contribution in [1.29, 1.82) is 10.8 Å². The second kappa shape index (κ2) is 7.22. The Kier molecular flexibility index (Phi) is 4.66. The Morgan fingerprint density at radius 1 is 1.20 bits per heavy atom. The smallest absolute Gasteiger partial charge is 0.248 e. The molecule has 0 radical (unpaired) electrons. The first kappa shape index (κ1) is 16.1. The predicted octanol–water partition coefficient (Wildman–Crippen LogP) is 2.73. The lowest BCUT2D eigenvalue weighted by atomic mass is 10.1. The number of aromatic nitrogens is 2. The maximum atomic E-state index is 12.0. The molecule has 0 bridgehead atoms. The fourth-order valence-corrected chi connectivity index (χ4v) is 2.17. The molecule has 0 aliphatic heterocycles. The molecule has 0 fully saturated rings. The van der Waals surface area contributed by atoms with Crippen LogP contribution in [0.25, 0.3) is 17.3 Å². The molecule has 0 saturated heterocycles. The number of amides is 1. The molecule has 0 aliphatic rings. The van der Waals surface area contributed by atoms with Gasteiger partial charge >= 0.3 is 0 Å². The van der Waals surface area contributed by atoms with Crippen molar-refractivity contribution >= 4 is 24.0 Å². The zero-order valence-corrected chi connectivity index (χ0v) is 13.1. The minimum Gasteiger partial charge on any atom is -0.465 e. The predicted molar refractivity (Wildman–Crippen MR) is 94.1 cm³/mol. The first-order chi connectivity index (χ1) is 12.2. The van der Waals surface area contributed by atoms with Crippen LogP contribution in [0.3, 0.4) is 0 Å². The maximum absolute atomic E-state index is 12.0. The van der Waals surface area contributed by atoms with E-state index >= 15 is 0 Å². The Morgan fingerprint density at radius 3 is 2.84 bits per heavy atom. The molecule has 1 amide bonds. The highest BCUT2D eigenvalue weighted by Gasteiger charge is 2.04. The quantitative estimate of drug-likeness (QED) is 0.379. The van der Waals surface area contributed by atoms with Gasteiger partial charge in [0.15, 0.2) is 0 Å². The Labute approximate surface area is 143 Å². The third kappa shape index (κ3) is 3.97. The molecular formula is C18H15N5O2. The molecule has 1 aromatic carbocycles. The van der Waals surface area contributed by atoms with Crippen LogP contribution in [-0.4, -0.2) is 22.0 Å². The zero-order chi connectivity index (χ0) is 17.6. The van der Waals surface area contributed by atoms with Crippen molar-refractivity contribution in [2.24, 2.45) is 0 Å². The molecule has 3 aromatic rings. The van der Waals surface area contributed by atoms with E-state index in [2.05, 4.69) is 10.4 Å². The summed E-state index contributed by atoms with van der Waals surface area (Å²) < 4.78 is 6.29. The van der Waals surface area contributed by atoms with Gasteiger partial charge in [-0.2, -0.15) is 5.10 Å². The van der Waals surface area contributed by atoms with E-state index in [1.54, 1.807) is 48.5 Å². The molecule has 124 valence electrons. The van der Waals surface area contributed by atoms with Gasteiger partial charge in [0.1, 0.15) is 17.6 Å². The second-order valence-corrected chi connectivity index (χ2v) is 5.10. The highest BCUT2D eigenvalue weighted by molar-refractivity contribution is 6.02. The molecule has 7 nitrogen and oxygen atoms in total. The van der Waals surface area contributed by atoms with Gasteiger partial charge < -0.3 is 9.73 Å². The molecule has 0 atom stereocenters. The number of benzene rings is 1. The van der Waals surface area contributed by atoms with Gasteiger partial charge in [-0.25, -0.2) is 4.68 Å². The number of carbonyl (C=O) groups is 1. The Bertz CT molecular complexity index is 987. The van der Waals surface area contributed by atoms with Crippen LogP contribution >= 0.6 is 0 Å². The first-order valence-corrected chi connectivity index (χ1v) is 7.44. The summed E-state index contributed by atoms with van der Waals surface area (Å²) in [6.45, 7) is 0. The minimum atomic E-state index is -0.280. The SMILES string of the molecule is N=Cn1nc(-c2cccc(NC(=O)/C=C/c3ccco3)c2)ccc1=N. The zero-order valence-electron chi connectivity index (χ0n) is 13.1. The van der Waals surface area contributed by atoms with Crippen molar-refractivity contribution in [3.8, 4) is 11.3 Å². The normalized spacial score (nSPS) is 10.7. The van der Waals surface area contributed by atoms with E-state index in [1.807, 2.05) is 6.07 Å². The average molecular weight is 333 g/mol. The average Bonchev–Trinajstić information content (AvgIpc) is 3.14. The third-order valence-electron chi connectivity index (χ3n) is 3.35. The number of hydrogen-bond acceptors (Lipinski definition) is 5. The van der Waals surface area contributed by atoms with Crippen LogP contribution in [0, 0.1) is 10.8 Å². The monoisotopic (exact) mass is 333 g/mol. The summed E-state index contributed by atoms with van der Waals surface area (Å²) in [7, 11) is 0. The maximum Gasteiger partial charge on any atom is 0.248 e. The Morgan fingerprint density at radius 2 is 2.08 bits per heavy atom. The molecule has 3 N–H and O–H groups in total. The lowest BCUT2D eigenvalue weighted by molar-refractivity contribution is -0.111. The van der Waals surface area contributed by atoms with Crippen LogP contribution in [0.5, 0.6) is 0 Å². The van der Waals surface area contributed by atoms with E-state index in [0.29, 0.717) is 17.1 Å². The van der Waals surface area contributed by atoms with Crippen molar-refractivity contribution < 1.29 is 9.21 Å². The number of carbonyl (C=O) groups excluding carboxylic acids is 1. The second-order valence-electron chi connectivity index (χ2n) is 5.10. The van der Waals surface area contributed by atoms with Gasteiger partial charge in [-0.15, -0.1) is 0 Å². The van der Waals surface area contributed by atoms with E-state index in [1.165, 1.54) is 12.3 Å². The molecule has 3 rings (SSSR count). The number of furan rings is 1. The summed E-state index contributed by atoms with van der Waals surface area (Å²) in [5.41, 5.74) is 2.10. The Balaban J connectivity index is 1.78. The molecule has 25 heavy (non-hydrogen) atoms. The highest BCUT2D eigenvalue weighted by atomic mass is 16.3. The lowest BCUT2D eigenvalue weighted by Crippen LogP contribution is -2.21. The third-order valence-corrected chi connectivity index (χ3v) is 3.35. The molecule has 0 aliphatic carbocycles. The lowest BCUT2D eigenvalue weighted by Gasteiger charge is -2.07. The fraction of sp³-hybridized carbons (Fsp3) is 0. The van der Waals surface area contributed by atoms with E-state index in [0.717, 1.165) is 16.6 Å². The van der Waals surface area contributed by atoms with Gasteiger partial charge in [-0.1, -0.05) is 12.1 Å². The van der Waals surface area contributed by atoms with Gasteiger partial charge in [-0.05, 0) is 42.5 Å². The summed E-state index contributed by atoms with van der Waals surface area (Å²) in [4.78, 5) is 12.0. The van der Waals surface area contributed by atoms with Gasteiger partial charge in [0.25, 0.3) is 0 Å². The van der Waals surface area contributed by atoms with Crippen molar-refractivity contribution in [3.05, 3.63) is 72.1 Å². The van der Waals surface area contributed by atoms with E-state index in [4.69, 9.17) is 15.2 Å². The van der Waals surface area contributed by atoms with E-state index < -0.39 is 0 Å². The summed E-state index contributed by atoms with van der Waals surface area (Å²) in [5, 5.41) is 21.9. The van der Waals surface area contributed by atoms with Crippen LogP contribution in [0.15, 0.2) is 65.3 Å². The van der Waals surface area contributed by atoms with Crippen LogP contribution in [0.4, 0.5) is 5.69 Å². The van der Waals surface area contributed by atoms with Crippen molar-refractivity contribution in [3.63, 3.8) is 0 Å². The van der Waals surface area contributed by atoms with Gasteiger partial charge in [-0.3, -0.25) is 15.6 Å². The van der Waals surface area contributed by atoms with E-state index in [9.17, 15) is 4.79 Å². The van der Waals surface area contributed by atoms with E-state index in [-0.39, 0.29) is 11.4 Å². The van der Waals surface area contributed by atoms with Crippen molar-refractivity contribution in [2.45, 2.75) is 0 Å². The molecule has 7 heteroatoms. The van der Waals surface area contributed by atoms with Gasteiger partial charge in [0.05, 0.1) is 12.0 Å². The van der Waals surface area contributed by atoms with Crippen LogP contribution < -0.4 is 10.8 Å². The number of hydrogen-bond donors (Lipinski definition) is 3. The molecule has 0 unspecified atom stereocenters. The molecule has 0 spiro atoms.